The van der Waals surface area contributed by atoms with Crippen LogP contribution in [0.2, 0.25) is 0 Å². The minimum absolute atomic E-state index is 0.190. The largest absolute Gasteiger partial charge is 0.339 e. The van der Waals surface area contributed by atoms with E-state index in [2.05, 4.69) is 48.5 Å². The van der Waals surface area contributed by atoms with Crippen LogP contribution in [-0.2, 0) is 0 Å². The van der Waals surface area contributed by atoms with Gasteiger partial charge in [-0.15, -0.1) is 4.68 Å². The number of amidine groups is 1. The molecule has 0 saturated carbocycles. The zero-order chi connectivity index (χ0) is 21.8. The summed E-state index contributed by atoms with van der Waals surface area (Å²) in [4.78, 5) is 4.95. The molecule has 2 N–H and O–H groups in total. The second-order valence-electron chi connectivity index (χ2n) is 7.93. The van der Waals surface area contributed by atoms with E-state index in [4.69, 9.17) is 4.99 Å². The number of hydrogen-bond acceptors (Lipinski definition) is 5. The fourth-order valence-corrected chi connectivity index (χ4v) is 3.34. The molecular formula is C24H28N7+. The number of nitrogens with one attached hydrogen (secondary N) is 2. The molecule has 0 unspecified atom stereocenters. The summed E-state index contributed by atoms with van der Waals surface area (Å²) >= 11 is 0. The maximum absolute atomic E-state index is 4.95. The molecular weight excluding hydrogens is 386 g/mol. The van der Waals surface area contributed by atoms with Crippen molar-refractivity contribution in [2.24, 2.45) is 10.1 Å². The Balaban J connectivity index is 1.74. The Bertz CT molecular complexity index is 1120. The molecule has 2 aromatic carbocycles. The predicted molar refractivity (Wildman–Crippen MR) is 128 cm³/mol. The number of para-hydroxylation sites is 2. The number of hydrogen-bond donors (Lipinski definition) is 2. The Kier molecular flexibility index (Phi) is 5.93. The summed E-state index contributed by atoms with van der Waals surface area (Å²) in [7, 11) is 0. The van der Waals surface area contributed by atoms with Gasteiger partial charge >= 0.3 is 5.84 Å². The van der Waals surface area contributed by atoms with Gasteiger partial charge in [-0.2, -0.15) is 5.10 Å². The molecule has 7 nitrogen and oxygen atoms in total. The lowest BCUT2D eigenvalue weighted by molar-refractivity contribution is -0.560. The lowest BCUT2D eigenvalue weighted by Crippen LogP contribution is -2.31. The van der Waals surface area contributed by atoms with Gasteiger partial charge in [0, 0.05) is 11.7 Å². The highest BCUT2D eigenvalue weighted by molar-refractivity contribution is 6.64. The maximum Gasteiger partial charge on any atom is 0.328 e. The molecule has 0 fully saturated rings. The third kappa shape index (κ3) is 4.55. The molecule has 0 amide bonds. The highest BCUT2D eigenvalue weighted by atomic mass is 15.4. The van der Waals surface area contributed by atoms with Gasteiger partial charge in [-0.3, -0.25) is 0 Å². The van der Waals surface area contributed by atoms with E-state index in [0.29, 0.717) is 0 Å². The van der Waals surface area contributed by atoms with Gasteiger partial charge in [0.05, 0.1) is 6.20 Å². The number of nitrogens with zero attached hydrogens (tertiary/aromatic N) is 5. The Morgan fingerprint density at radius 3 is 2.06 bits per heavy atom. The number of aliphatic imine (C=N–C) groups is 1. The van der Waals surface area contributed by atoms with Gasteiger partial charge in [0.25, 0.3) is 0 Å². The third-order valence-corrected chi connectivity index (χ3v) is 4.84. The maximum atomic E-state index is 4.95. The van der Waals surface area contributed by atoms with Crippen LogP contribution < -0.4 is 10.6 Å². The highest BCUT2D eigenvalue weighted by Gasteiger charge is 2.28. The minimum atomic E-state index is 0.190. The molecule has 0 radical (unpaired) electrons. The lowest BCUT2D eigenvalue weighted by atomic mass is 10.2. The molecule has 0 spiro atoms. The van der Waals surface area contributed by atoms with Crippen molar-refractivity contribution in [2.45, 2.75) is 39.8 Å². The molecule has 0 aliphatic carbocycles. The summed E-state index contributed by atoms with van der Waals surface area (Å²) in [5.41, 5.74) is 3.50. The minimum Gasteiger partial charge on any atom is -0.339 e. The Labute approximate surface area is 182 Å². The van der Waals surface area contributed by atoms with Gasteiger partial charge in [-0.1, -0.05) is 41.5 Å². The first-order valence-corrected chi connectivity index (χ1v) is 10.5. The van der Waals surface area contributed by atoms with E-state index >= 15 is 0 Å². The molecule has 1 aliphatic rings. The summed E-state index contributed by atoms with van der Waals surface area (Å²) in [6.45, 7) is 8.41. The molecule has 0 saturated heterocycles. The van der Waals surface area contributed by atoms with Crippen LogP contribution in [0, 0.1) is 0 Å². The van der Waals surface area contributed by atoms with Crippen molar-refractivity contribution in [3.8, 4) is 0 Å². The summed E-state index contributed by atoms with van der Waals surface area (Å²) in [5.74, 6) is 1.70. The van der Waals surface area contributed by atoms with E-state index in [1.54, 1.807) is 12.4 Å². The van der Waals surface area contributed by atoms with E-state index in [1.807, 2.05) is 70.0 Å². The molecule has 1 aromatic heterocycles. The number of rotatable bonds is 6. The van der Waals surface area contributed by atoms with E-state index in [9.17, 15) is 0 Å². The molecule has 31 heavy (non-hydrogen) atoms. The van der Waals surface area contributed by atoms with E-state index in [1.165, 1.54) is 0 Å². The zero-order valence-electron chi connectivity index (χ0n) is 18.3. The monoisotopic (exact) mass is 414 g/mol. The average molecular weight is 415 g/mol. The van der Waals surface area contributed by atoms with Crippen molar-refractivity contribution in [1.82, 2.24) is 9.78 Å². The second-order valence-corrected chi connectivity index (χ2v) is 7.93. The Hall–Kier alpha value is -3.74. The van der Waals surface area contributed by atoms with Gasteiger partial charge in [0.2, 0.25) is 0 Å². The molecule has 1 aliphatic heterocycles. The zero-order valence-corrected chi connectivity index (χ0v) is 18.3. The van der Waals surface area contributed by atoms with E-state index in [-0.39, 0.29) is 12.1 Å². The van der Waals surface area contributed by atoms with Crippen LogP contribution in [0.5, 0.6) is 0 Å². The summed E-state index contributed by atoms with van der Waals surface area (Å²) in [6, 6.07) is 20.5. The first-order valence-electron chi connectivity index (χ1n) is 10.5. The fourth-order valence-electron chi connectivity index (χ4n) is 3.34. The topological polar surface area (TPSA) is 69.6 Å². The third-order valence-electron chi connectivity index (χ3n) is 4.84. The van der Waals surface area contributed by atoms with E-state index in [0.717, 1.165) is 34.4 Å². The standard InChI is InChI=1S/C24H27N7/c1-17(2)30-23(27-19-11-7-5-8-12-19)21(15-25-30)29-22-16-26-31(18(3)4)24(22)28-20-13-9-6-10-14-20/h5-18H,1-4H3,(H,25,26,27,28)/p+1. The molecule has 4 rings (SSSR count). The number of benzene rings is 2. The van der Waals surface area contributed by atoms with Crippen molar-refractivity contribution < 1.29 is 4.68 Å². The van der Waals surface area contributed by atoms with Gasteiger partial charge in [-0.05, 0) is 52.0 Å². The molecule has 0 bridgehead atoms. The summed E-state index contributed by atoms with van der Waals surface area (Å²) in [5, 5.41) is 16.1. The quantitative estimate of drug-likeness (QED) is 0.544. The van der Waals surface area contributed by atoms with Crippen LogP contribution in [0.1, 0.15) is 33.7 Å². The SMILES string of the molecule is CC(C)n1ncc(/N=C2/C=N[N+](C(C)C)=C2Nc2ccccc2)c1Nc1ccccc1. The average Bonchev–Trinajstić information content (AvgIpc) is 3.34. The molecule has 0 atom stereocenters. The molecule has 3 aromatic rings. The van der Waals surface area contributed by atoms with Crippen LogP contribution in [0.3, 0.4) is 0 Å². The van der Waals surface area contributed by atoms with Crippen LogP contribution >= 0.6 is 0 Å². The number of anilines is 3. The molecule has 2 heterocycles. The molecule has 158 valence electrons. The van der Waals surface area contributed by atoms with Gasteiger partial charge in [0.1, 0.15) is 23.6 Å². The predicted octanol–water partition coefficient (Wildman–Crippen LogP) is 5.21. The first kappa shape index (κ1) is 20.5. The summed E-state index contributed by atoms with van der Waals surface area (Å²) in [6.07, 6.45) is 3.59. The number of hydrazone groups is 1. The Morgan fingerprint density at radius 1 is 0.871 bits per heavy atom. The van der Waals surface area contributed by atoms with Crippen molar-refractivity contribution in [3.63, 3.8) is 0 Å². The second kappa shape index (κ2) is 8.95. The van der Waals surface area contributed by atoms with Crippen molar-refractivity contribution in [1.29, 1.82) is 0 Å². The fraction of sp³-hybridized carbons (Fsp3) is 0.250. The smallest absolute Gasteiger partial charge is 0.328 e. The summed E-state index contributed by atoms with van der Waals surface area (Å²) < 4.78 is 3.89. The Morgan fingerprint density at radius 2 is 1.48 bits per heavy atom. The van der Waals surface area contributed by atoms with Crippen molar-refractivity contribution >= 4 is 40.6 Å². The molecule has 7 heteroatoms. The lowest BCUT2D eigenvalue weighted by Gasteiger charge is -2.13. The van der Waals surface area contributed by atoms with Gasteiger partial charge in [0.15, 0.2) is 11.5 Å². The van der Waals surface area contributed by atoms with Crippen molar-refractivity contribution in [3.05, 3.63) is 66.9 Å². The van der Waals surface area contributed by atoms with Crippen LogP contribution in [0.15, 0.2) is 77.0 Å². The number of aromatic nitrogens is 2. The van der Waals surface area contributed by atoms with E-state index < -0.39 is 0 Å². The van der Waals surface area contributed by atoms with Gasteiger partial charge in [-0.25, -0.2) is 15.0 Å². The van der Waals surface area contributed by atoms with Gasteiger partial charge < -0.3 is 5.32 Å². The van der Waals surface area contributed by atoms with Crippen LogP contribution in [-0.4, -0.2) is 38.3 Å². The normalized spacial score (nSPS) is 14.8. The highest BCUT2D eigenvalue weighted by Crippen LogP contribution is 2.30. The van der Waals surface area contributed by atoms with Crippen LogP contribution in [0.25, 0.3) is 0 Å². The van der Waals surface area contributed by atoms with Crippen LogP contribution in [0.4, 0.5) is 22.9 Å². The van der Waals surface area contributed by atoms with Crippen molar-refractivity contribution in [2.75, 3.05) is 10.6 Å². The first-order chi connectivity index (χ1) is 15.0.